The van der Waals surface area contributed by atoms with Gasteiger partial charge in [0.25, 0.3) is 5.91 Å². The Morgan fingerprint density at radius 2 is 2.29 bits per heavy atom. The molecule has 1 amide bonds. The van der Waals surface area contributed by atoms with E-state index in [0.29, 0.717) is 21.6 Å². The molecule has 88 valence electrons. The highest BCUT2D eigenvalue weighted by Gasteiger charge is 2.14. The molecule has 4 nitrogen and oxygen atoms in total. The van der Waals surface area contributed by atoms with Crippen LogP contribution in [0.5, 0.6) is 5.75 Å². The number of hydrogen-bond donors (Lipinski definition) is 1. The molecule has 2 heterocycles. The third-order valence-electron chi connectivity index (χ3n) is 2.01. The highest BCUT2D eigenvalue weighted by molar-refractivity contribution is 7.12. The van der Waals surface area contributed by atoms with Crippen LogP contribution in [-0.4, -0.2) is 18.0 Å². The third-order valence-corrected chi connectivity index (χ3v) is 3.12. The zero-order valence-electron chi connectivity index (χ0n) is 8.94. The van der Waals surface area contributed by atoms with Gasteiger partial charge in [0.2, 0.25) is 0 Å². The maximum Gasteiger partial charge on any atom is 0.270 e. The number of aromatic nitrogens is 1. The number of thiophene rings is 1. The van der Waals surface area contributed by atoms with E-state index in [4.69, 9.17) is 16.3 Å². The van der Waals surface area contributed by atoms with Crippen molar-refractivity contribution in [3.8, 4) is 5.75 Å². The van der Waals surface area contributed by atoms with Crippen molar-refractivity contribution >= 4 is 34.7 Å². The molecule has 1 N–H and O–H groups in total. The van der Waals surface area contributed by atoms with E-state index in [0.717, 1.165) is 0 Å². The number of ether oxygens (including phenoxy) is 1. The zero-order valence-corrected chi connectivity index (χ0v) is 10.5. The van der Waals surface area contributed by atoms with Crippen LogP contribution in [0.25, 0.3) is 0 Å². The van der Waals surface area contributed by atoms with Crippen molar-refractivity contribution in [2.24, 2.45) is 0 Å². The summed E-state index contributed by atoms with van der Waals surface area (Å²) in [6.07, 6.45) is 0. The summed E-state index contributed by atoms with van der Waals surface area (Å²) in [4.78, 5) is 16.4. The van der Waals surface area contributed by atoms with Gasteiger partial charge in [0.05, 0.1) is 7.11 Å². The van der Waals surface area contributed by atoms with Crippen molar-refractivity contribution < 1.29 is 9.53 Å². The number of rotatable bonds is 3. The minimum atomic E-state index is -0.258. The van der Waals surface area contributed by atoms with Crippen molar-refractivity contribution in [3.05, 3.63) is 39.7 Å². The lowest BCUT2D eigenvalue weighted by Gasteiger charge is -2.04. The Kier molecular flexibility index (Phi) is 3.61. The lowest BCUT2D eigenvalue weighted by Crippen LogP contribution is -2.12. The summed E-state index contributed by atoms with van der Waals surface area (Å²) in [5.41, 5.74) is 0. The van der Waals surface area contributed by atoms with Crippen LogP contribution < -0.4 is 10.1 Å². The zero-order chi connectivity index (χ0) is 12.3. The molecule has 0 radical (unpaired) electrons. The van der Waals surface area contributed by atoms with E-state index >= 15 is 0 Å². The van der Waals surface area contributed by atoms with Gasteiger partial charge in [-0.3, -0.25) is 4.79 Å². The SMILES string of the molecule is COc1ccsc1C(=O)Nc1cccc(Cl)n1. The lowest BCUT2D eigenvalue weighted by molar-refractivity contribution is 0.102. The monoisotopic (exact) mass is 268 g/mol. The second-order valence-corrected chi connectivity index (χ2v) is 4.42. The Morgan fingerprint density at radius 1 is 1.47 bits per heavy atom. The quantitative estimate of drug-likeness (QED) is 0.871. The summed E-state index contributed by atoms with van der Waals surface area (Å²) in [6, 6.07) is 6.77. The Balaban J connectivity index is 2.17. The summed E-state index contributed by atoms with van der Waals surface area (Å²) in [5, 5.41) is 4.78. The van der Waals surface area contributed by atoms with E-state index in [1.165, 1.54) is 18.4 Å². The molecule has 0 spiro atoms. The van der Waals surface area contributed by atoms with Crippen LogP contribution in [0.3, 0.4) is 0 Å². The summed E-state index contributed by atoms with van der Waals surface area (Å²) in [5.74, 6) is 0.707. The summed E-state index contributed by atoms with van der Waals surface area (Å²) in [7, 11) is 1.52. The predicted octanol–water partition coefficient (Wildman–Crippen LogP) is 3.06. The van der Waals surface area contributed by atoms with E-state index in [1.54, 1.807) is 29.6 Å². The number of nitrogens with one attached hydrogen (secondary N) is 1. The van der Waals surface area contributed by atoms with Gasteiger partial charge < -0.3 is 10.1 Å². The van der Waals surface area contributed by atoms with Crippen LogP contribution in [0.2, 0.25) is 5.15 Å². The molecule has 0 aromatic carbocycles. The van der Waals surface area contributed by atoms with Crippen molar-refractivity contribution in [2.75, 3.05) is 12.4 Å². The highest BCUT2D eigenvalue weighted by Crippen LogP contribution is 2.25. The molecule has 2 rings (SSSR count). The molecule has 0 fully saturated rings. The highest BCUT2D eigenvalue weighted by atomic mass is 35.5. The third kappa shape index (κ3) is 2.75. The van der Waals surface area contributed by atoms with Gasteiger partial charge in [-0.05, 0) is 23.6 Å². The van der Waals surface area contributed by atoms with Crippen molar-refractivity contribution in [2.45, 2.75) is 0 Å². The van der Waals surface area contributed by atoms with E-state index in [9.17, 15) is 4.79 Å². The Hall–Kier alpha value is -1.59. The number of nitrogens with zero attached hydrogens (tertiary/aromatic N) is 1. The van der Waals surface area contributed by atoms with Crippen LogP contribution in [0, 0.1) is 0 Å². The largest absolute Gasteiger partial charge is 0.495 e. The number of anilines is 1. The molecular formula is C11H9ClN2O2S. The number of carbonyl (C=O) groups excluding carboxylic acids is 1. The van der Waals surface area contributed by atoms with Gasteiger partial charge in [0.15, 0.2) is 0 Å². The van der Waals surface area contributed by atoms with Gasteiger partial charge in [0, 0.05) is 0 Å². The van der Waals surface area contributed by atoms with E-state index in [-0.39, 0.29) is 5.91 Å². The predicted molar refractivity (Wildman–Crippen MR) is 68.1 cm³/mol. The Bertz CT molecular complexity index is 542. The maximum absolute atomic E-state index is 11.9. The fourth-order valence-corrected chi connectivity index (χ4v) is 2.19. The van der Waals surface area contributed by atoms with Crippen LogP contribution in [0.4, 0.5) is 5.82 Å². The first kappa shape index (κ1) is 11.9. The first-order chi connectivity index (χ1) is 8.20. The van der Waals surface area contributed by atoms with Gasteiger partial charge in [-0.2, -0.15) is 0 Å². The normalized spacial score (nSPS) is 10.0. The van der Waals surface area contributed by atoms with Crippen molar-refractivity contribution in [1.82, 2.24) is 4.98 Å². The minimum Gasteiger partial charge on any atom is -0.495 e. The van der Waals surface area contributed by atoms with Crippen LogP contribution in [-0.2, 0) is 0 Å². The second kappa shape index (κ2) is 5.16. The lowest BCUT2D eigenvalue weighted by atomic mass is 10.4. The molecule has 0 aliphatic rings. The number of halogens is 1. The first-order valence-corrected chi connectivity index (χ1v) is 6.02. The first-order valence-electron chi connectivity index (χ1n) is 4.76. The van der Waals surface area contributed by atoms with Crippen LogP contribution >= 0.6 is 22.9 Å². The fraction of sp³-hybridized carbons (Fsp3) is 0.0909. The summed E-state index contributed by atoms with van der Waals surface area (Å²) >= 11 is 7.04. The molecule has 17 heavy (non-hydrogen) atoms. The second-order valence-electron chi connectivity index (χ2n) is 3.12. The van der Waals surface area contributed by atoms with Crippen LogP contribution in [0.1, 0.15) is 9.67 Å². The molecular weight excluding hydrogens is 260 g/mol. The molecule has 0 bridgehead atoms. The van der Waals surface area contributed by atoms with Gasteiger partial charge >= 0.3 is 0 Å². The molecule has 0 aliphatic heterocycles. The number of amides is 1. The van der Waals surface area contributed by atoms with Gasteiger partial charge in [-0.1, -0.05) is 17.7 Å². The fourth-order valence-electron chi connectivity index (χ4n) is 1.27. The van der Waals surface area contributed by atoms with Crippen molar-refractivity contribution in [1.29, 1.82) is 0 Å². The number of pyridine rings is 1. The van der Waals surface area contributed by atoms with Crippen LogP contribution in [0.15, 0.2) is 29.6 Å². The van der Waals surface area contributed by atoms with Crippen molar-refractivity contribution in [3.63, 3.8) is 0 Å². The maximum atomic E-state index is 11.9. The minimum absolute atomic E-state index is 0.258. The molecule has 2 aromatic rings. The average Bonchev–Trinajstić information content (AvgIpc) is 2.77. The molecule has 0 unspecified atom stereocenters. The van der Waals surface area contributed by atoms with E-state index < -0.39 is 0 Å². The summed E-state index contributed by atoms with van der Waals surface area (Å²) in [6.45, 7) is 0. The molecule has 6 heteroatoms. The smallest absolute Gasteiger partial charge is 0.270 e. The van der Waals surface area contributed by atoms with E-state index in [2.05, 4.69) is 10.3 Å². The standard InChI is InChI=1S/C11H9ClN2O2S/c1-16-7-5-6-17-10(7)11(15)14-9-4-2-3-8(12)13-9/h2-6H,1H3,(H,13,14,15). The topological polar surface area (TPSA) is 51.2 Å². The number of methoxy groups -OCH3 is 1. The number of carbonyl (C=O) groups is 1. The summed E-state index contributed by atoms with van der Waals surface area (Å²) < 4.78 is 5.07. The average molecular weight is 269 g/mol. The Labute approximate surface area is 107 Å². The molecule has 2 aromatic heterocycles. The molecule has 0 saturated carbocycles. The molecule has 0 saturated heterocycles. The van der Waals surface area contributed by atoms with Gasteiger partial charge in [-0.15, -0.1) is 11.3 Å². The van der Waals surface area contributed by atoms with E-state index in [1.807, 2.05) is 0 Å². The number of hydrogen-bond acceptors (Lipinski definition) is 4. The Morgan fingerprint density at radius 3 is 3.00 bits per heavy atom. The van der Waals surface area contributed by atoms with Gasteiger partial charge in [-0.25, -0.2) is 4.98 Å². The van der Waals surface area contributed by atoms with Gasteiger partial charge in [0.1, 0.15) is 21.6 Å². The molecule has 0 aliphatic carbocycles. The molecule has 0 atom stereocenters.